The predicted molar refractivity (Wildman–Crippen MR) is 151 cm³/mol. The largest absolute Gasteiger partial charge is 0.378 e. The second-order valence-electron chi connectivity index (χ2n) is 10.5. The van der Waals surface area contributed by atoms with Crippen LogP contribution in [-0.4, -0.2) is 80.3 Å². The van der Waals surface area contributed by atoms with Crippen molar-refractivity contribution in [2.24, 2.45) is 0 Å². The number of nitrogens with zero attached hydrogens (tertiary/aromatic N) is 3. The zero-order valence-corrected chi connectivity index (χ0v) is 23.9. The monoisotopic (exact) mass is 616 g/mol. The molecule has 2 amide bonds. The minimum Gasteiger partial charge on any atom is -0.378 e. The van der Waals surface area contributed by atoms with Crippen LogP contribution in [0, 0.1) is 11.6 Å². The summed E-state index contributed by atoms with van der Waals surface area (Å²) in [5.74, 6) is -2.82. The number of rotatable bonds is 7. The van der Waals surface area contributed by atoms with Gasteiger partial charge in [0, 0.05) is 62.2 Å². The van der Waals surface area contributed by atoms with Gasteiger partial charge in [0.2, 0.25) is 10.0 Å². The van der Waals surface area contributed by atoms with Crippen LogP contribution in [0.2, 0.25) is 0 Å². The summed E-state index contributed by atoms with van der Waals surface area (Å²) in [4.78, 5) is 28.1. The Hall–Kier alpha value is -3.92. The Morgan fingerprint density at radius 1 is 1.00 bits per heavy atom. The van der Waals surface area contributed by atoms with E-state index in [4.69, 9.17) is 9.47 Å². The third kappa shape index (κ3) is 6.11. The molecule has 15 heteroatoms. The summed E-state index contributed by atoms with van der Waals surface area (Å²) in [6.07, 6.45) is 0.981. The van der Waals surface area contributed by atoms with Gasteiger partial charge in [0.15, 0.2) is 5.82 Å². The zero-order chi connectivity index (χ0) is 30.1. The highest BCUT2D eigenvalue weighted by Crippen LogP contribution is 2.31. The second kappa shape index (κ2) is 12.0. The minimum atomic E-state index is -4.24. The number of H-pyrrole nitrogens is 1. The number of aromatic nitrogens is 2. The summed E-state index contributed by atoms with van der Waals surface area (Å²) in [5.41, 5.74) is 2.34. The number of aromatic amines is 1. The summed E-state index contributed by atoms with van der Waals surface area (Å²) in [7, 11) is -4.24. The van der Waals surface area contributed by atoms with Crippen molar-refractivity contribution in [1.82, 2.24) is 14.5 Å². The quantitative estimate of drug-likeness (QED) is 0.367. The van der Waals surface area contributed by atoms with E-state index in [2.05, 4.69) is 25.7 Å². The van der Waals surface area contributed by atoms with Crippen molar-refractivity contribution in [3.05, 3.63) is 64.9 Å². The molecule has 6 rings (SSSR count). The number of nitrogens with one attached hydrogen (secondary N) is 3. The van der Waals surface area contributed by atoms with Crippen LogP contribution in [0.1, 0.15) is 34.5 Å². The van der Waals surface area contributed by atoms with Gasteiger partial charge in [0.05, 0.1) is 29.4 Å². The van der Waals surface area contributed by atoms with E-state index in [0.29, 0.717) is 62.3 Å². The van der Waals surface area contributed by atoms with Crippen molar-refractivity contribution >= 4 is 39.0 Å². The highest BCUT2D eigenvalue weighted by Gasteiger charge is 2.33. The van der Waals surface area contributed by atoms with E-state index in [1.807, 2.05) is 0 Å². The van der Waals surface area contributed by atoms with Gasteiger partial charge in [0.1, 0.15) is 17.7 Å². The predicted octanol–water partition coefficient (Wildman–Crippen LogP) is 2.64. The molecule has 3 aliphatic heterocycles. The number of fused-ring (bicyclic) bond motifs is 1. The number of hydrogen-bond donors (Lipinski definition) is 3. The third-order valence-corrected chi connectivity index (χ3v) is 9.53. The van der Waals surface area contributed by atoms with E-state index in [0.717, 1.165) is 28.5 Å². The summed E-state index contributed by atoms with van der Waals surface area (Å²) < 4.78 is 66.0. The zero-order valence-electron chi connectivity index (χ0n) is 23.1. The number of amides is 2. The first-order valence-electron chi connectivity index (χ1n) is 13.9. The van der Waals surface area contributed by atoms with E-state index in [-0.39, 0.29) is 36.8 Å². The average Bonchev–Trinajstić information content (AvgIpc) is 3.68. The number of halogens is 2. The lowest BCUT2D eigenvalue weighted by molar-refractivity contribution is -0.124. The molecule has 12 nitrogen and oxygen atoms in total. The van der Waals surface area contributed by atoms with Crippen molar-refractivity contribution in [3.63, 3.8) is 0 Å². The van der Waals surface area contributed by atoms with Crippen LogP contribution in [0.25, 0.3) is 0 Å². The Kier molecular flexibility index (Phi) is 8.13. The first-order valence-corrected chi connectivity index (χ1v) is 15.4. The van der Waals surface area contributed by atoms with Gasteiger partial charge in [-0.05, 0) is 43.2 Å². The van der Waals surface area contributed by atoms with Crippen LogP contribution >= 0.6 is 0 Å². The van der Waals surface area contributed by atoms with Gasteiger partial charge in [-0.3, -0.25) is 14.7 Å². The topological polar surface area (TPSA) is 146 Å². The number of sulfonamides is 1. The fourth-order valence-corrected chi connectivity index (χ4v) is 6.88. The molecule has 0 unspecified atom stereocenters. The van der Waals surface area contributed by atoms with Gasteiger partial charge >= 0.3 is 0 Å². The standard InChI is InChI=1S/C28H30F2N6O6S/c29-17-12-18(30)14-20(13-17)43(39,40)36-6-5-23-22(16-36)26(34-33-23)32-27(37)21-4-3-19(35-7-10-41-11-8-35)15-24(21)31-28(38)25-2-1-9-42-25/h3-4,12-15,25H,1-2,5-11,16H2,(H,31,38)(H2,32,33,34,37)/t25-/m1/s1. The number of carbonyl (C=O) groups excluding carboxylic acids is 2. The Bertz CT molecular complexity index is 1630. The lowest BCUT2D eigenvalue weighted by Gasteiger charge is -2.29. The van der Waals surface area contributed by atoms with Crippen LogP contribution in [0.3, 0.4) is 0 Å². The number of ether oxygens (including phenoxy) is 2. The summed E-state index contributed by atoms with van der Waals surface area (Å²) in [6.45, 7) is 2.80. The van der Waals surface area contributed by atoms with Gasteiger partial charge in [-0.2, -0.15) is 9.40 Å². The van der Waals surface area contributed by atoms with Crippen molar-refractivity contribution in [1.29, 1.82) is 0 Å². The van der Waals surface area contributed by atoms with Crippen molar-refractivity contribution in [2.75, 3.05) is 55.0 Å². The van der Waals surface area contributed by atoms with E-state index >= 15 is 0 Å². The minimum absolute atomic E-state index is 0.0471. The van der Waals surface area contributed by atoms with Gasteiger partial charge in [-0.25, -0.2) is 17.2 Å². The SMILES string of the molecule is O=C(Nc1n[nH]c2c1CN(S(=O)(=O)c1cc(F)cc(F)c1)CC2)c1ccc(N2CCOCC2)cc1NC(=O)[C@H]1CCCO1. The molecule has 2 saturated heterocycles. The summed E-state index contributed by atoms with van der Waals surface area (Å²) in [5, 5.41) is 12.6. The number of hydrogen-bond acceptors (Lipinski definition) is 8. The molecule has 3 N–H and O–H groups in total. The number of anilines is 3. The van der Waals surface area contributed by atoms with E-state index in [1.165, 1.54) is 0 Å². The molecule has 1 aromatic heterocycles. The highest BCUT2D eigenvalue weighted by atomic mass is 32.2. The van der Waals surface area contributed by atoms with Crippen molar-refractivity contribution in [3.8, 4) is 0 Å². The lowest BCUT2D eigenvalue weighted by atomic mass is 10.1. The normalized spacial score (nSPS) is 19.2. The van der Waals surface area contributed by atoms with E-state index in [1.54, 1.807) is 18.2 Å². The fraction of sp³-hybridized carbons (Fsp3) is 0.393. The number of morpholine rings is 1. The molecule has 2 aromatic carbocycles. The Morgan fingerprint density at radius 3 is 2.49 bits per heavy atom. The molecule has 3 aromatic rings. The van der Waals surface area contributed by atoms with Crippen LogP contribution < -0.4 is 15.5 Å². The maximum Gasteiger partial charge on any atom is 0.258 e. The Balaban J connectivity index is 1.25. The molecular formula is C28H30F2N6O6S. The second-order valence-corrected chi connectivity index (χ2v) is 12.4. The number of carbonyl (C=O) groups is 2. The molecule has 1 atom stereocenters. The van der Waals surface area contributed by atoms with Gasteiger partial charge in [-0.15, -0.1) is 0 Å². The van der Waals surface area contributed by atoms with Crippen LogP contribution in [0.5, 0.6) is 0 Å². The smallest absolute Gasteiger partial charge is 0.258 e. The highest BCUT2D eigenvalue weighted by molar-refractivity contribution is 7.89. The van der Waals surface area contributed by atoms with E-state index in [9.17, 15) is 26.8 Å². The van der Waals surface area contributed by atoms with Crippen LogP contribution in [-0.2, 0) is 37.3 Å². The molecule has 0 radical (unpaired) electrons. The van der Waals surface area contributed by atoms with E-state index < -0.39 is 38.6 Å². The molecule has 228 valence electrons. The molecule has 0 spiro atoms. The third-order valence-electron chi connectivity index (χ3n) is 7.71. The molecule has 3 aliphatic rings. The van der Waals surface area contributed by atoms with Crippen molar-refractivity contribution < 1.29 is 36.3 Å². The molecule has 4 heterocycles. The molecule has 0 aliphatic carbocycles. The average molecular weight is 617 g/mol. The first kappa shape index (κ1) is 29.2. The van der Waals surface area contributed by atoms with Crippen molar-refractivity contribution in [2.45, 2.75) is 36.8 Å². The molecule has 2 fully saturated rings. The maximum atomic E-state index is 13.8. The summed E-state index contributed by atoms with van der Waals surface area (Å²) >= 11 is 0. The molecule has 0 bridgehead atoms. The molecule has 0 saturated carbocycles. The molecular weight excluding hydrogens is 586 g/mol. The Labute approximate surface area is 246 Å². The van der Waals surface area contributed by atoms with Gasteiger partial charge < -0.3 is 25.0 Å². The maximum absolute atomic E-state index is 13.8. The van der Waals surface area contributed by atoms with Gasteiger partial charge in [-0.1, -0.05) is 0 Å². The summed E-state index contributed by atoms with van der Waals surface area (Å²) in [6, 6.07) is 7.26. The lowest BCUT2D eigenvalue weighted by Crippen LogP contribution is -2.36. The van der Waals surface area contributed by atoms with Crippen LogP contribution in [0.4, 0.5) is 26.0 Å². The van der Waals surface area contributed by atoms with Gasteiger partial charge in [0.25, 0.3) is 11.8 Å². The van der Waals surface area contributed by atoms with Crippen LogP contribution in [0.15, 0.2) is 41.3 Å². The fourth-order valence-electron chi connectivity index (χ4n) is 5.43. The Morgan fingerprint density at radius 2 is 1.77 bits per heavy atom. The number of benzene rings is 2. The molecule has 43 heavy (non-hydrogen) atoms. The first-order chi connectivity index (χ1) is 20.7.